The summed E-state index contributed by atoms with van der Waals surface area (Å²) in [5.74, 6) is 2.96. The molecule has 1 unspecified atom stereocenters. The number of amides is 2. The molecule has 1 aliphatic heterocycles. The van der Waals surface area contributed by atoms with Crippen molar-refractivity contribution in [3.63, 3.8) is 0 Å². The molecule has 1 saturated heterocycles. The molecule has 3 rings (SSSR count). The molecule has 1 aliphatic rings. The molecular formula is C16H21N3O4. The van der Waals surface area contributed by atoms with Crippen molar-refractivity contribution in [1.82, 2.24) is 10.1 Å². The van der Waals surface area contributed by atoms with E-state index in [1.54, 1.807) is 11.0 Å². The summed E-state index contributed by atoms with van der Waals surface area (Å²) in [4.78, 5) is 14.1. The van der Waals surface area contributed by atoms with Crippen LogP contribution in [0.15, 0.2) is 27.1 Å². The molecule has 1 atom stereocenters. The number of furan rings is 1. The molecule has 0 saturated carbocycles. The number of aryl methyl sites for hydroxylation is 1. The van der Waals surface area contributed by atoms with E-state index < -0.39 is 0 Å². The van der Waals surface area contributed by atoms with E-state index >= 15 is 0 Å². The summed E-state index contributed by atoms with van der Waals surface area (Å²) in [7, 11) is 0. The van der Waals surface area contributed by atoms with Crippen molar-refractivity contribution >= 4 is 11.8 Å². The predicted molar refractivity (Wildman–Crippen MR) is 83.3 cm³/mol. The molecule has 7 heteroatoms. The predicted octanol–water partition coefficient (Wildman–Crippen LogP) is 3.30. The smallest absolute Gasteiger partial charge is 0.323 e. The zero-order valence-electron chi connectivity index (χ0n) is 13.5. The lowest BCUT2D eigenvalue weighted by Gasteiger charge is -2.31. The van der Waals surface area contributed by atoms with Crippen LogP contribution in [0.25, 0.3) is 0 Å². The first-order chi connectivity index (χ1) is 11.0. The number of nitrogens with one attached hydrogen (secondary N) is 1. The second-order valence-electron chi connectivity index (χ2n) is 5.95. The van der Waals surface area contributed by atoms with Crippen molar-refractivity contribution in [2.75, 3.05) is 25.0 Å². The molecule has 3 heterocycles. The summed E-state index contributed by atoms with van der Waals surface area (Å²) < 4.78 is 16.5. The van der Waals surface area contributed by atoms with Crippen LogP contribution in [0.4, 0.5) is 10.6 Å². The zero-order valence-corrected chi connectivity index (χ0v) is 13.5. The third-order valence-corrected chi connectivity index (χ3v) is 3.76. The second-order valence-corrected chi connectivity index (χ2v) is 5.95. The number of ether oxygens (including phenoxy) is 1. The average Bonchev–Trinajstić information content (AvgIpc) is 3.16. The van der Waals surface area contributed by atoms with Gasteiger partial charge in [-0.15, -0.1) is 0 Å². The first-order valence-electron chi connectivity index (χ1n) is 7.73. The fraction of sp³-hybridized carbons (Fsp3) is 0.500. The van der Waals surface area contributed by atoms with Crippen molar-refractivity contribution in [1.29, 1.82) is 0 Å². The number of carbonyl (C=O) groups excluding carboxylic acids is 1. The number of anilines is 1. The number of hydrogen-bond donors (Lipinski definition) is 1. The van der Waals surface area contributed by atoms with Crippen LogP contribution in [-0.4, -0.2) is 35.8 Å². The van der Waals surface area contributed by atoms with Crippen LogP contribution in [0, 0.1) is 6.92 Å². The number of carbonyl (C=O) groups is 1. The Hall–Kier alpha value is -2.28. The fourth-order valence-electron chi connectivity index (χ4n) is 2.44. The van der Waals surface area contributed by atoms with Crippen molar-refractivity contribution in [2.24, 2.45) is 0 Å². The Kier molecular flexibility index (Phi) is 4.38. The lowest BCUT2D eigenvalue weighted by Crippen LogP contribution is -2.44. The number of rotatable bonds is 3. The normalized spacial score (nSPS) is 18.4. The molecule has 0 aliphatic carbocycles. The third-order valence-electron chi connectivity index (χ3n) is 3.76. The van der Waals surface area contributed by atoms with Crippen LogP contribution < -0.4 is 5.32 Å². The number of morpholine rings is 1. The average molecular weight is 319 g/mol. The van der Waals surface area contributed by atoms with Gasteiger partial charge in [0.05, 0.1) is 13.2 Å². The van der Waals surface area contributed by atoms with Crippen molar-refractivity contribution in [3.8, 4) is 0 Å². The Balaban J connectivity index is 1.62. The van der Waals surface area contributed by atoms with Gasteiger partial charge in [0.25, 0.3) is 0 Å². The highest BCUT2D eigenvalue weighted by Gasteiger charge is 2.27. The van der Waals surface area contributed by atoms with Crippen LogP contribution in [0.1, 0.15) is 43.2 Å². The van der Waals surface area contributed by atoms with Gasteiger partial charge in [-0.3, -0.25) is 5.32 Å². The lowest BCUT2D eigenvalue weighted by atomic mass is 10.2. The maximum Gasteiger partial charge on any atom is 0.323 e. The van der Waals surface area contributed by atoms with Gasteiger partial charge in [0.2, 0.25) is 0 Å². The lowest BCUT2D eigenvalue weighted by molar-refractivity contribution is -0.0246. The largest absolute Gasteiger partial charge is 0.464 e. The molecule has 23 heavy (non-hydrogen) atoms. The summed E-state index contributed by atoms with van der Waals surface area (Å²) in [6, 6.07) is 5.30. The second kappa shape index (κ2) is 6.45. The first kappa shape index (κ1) is 15.6. The van der Waals surface area contributed by atoms with E-state index in [1.807, 2.05) is 32.9 Å². The standard InChI is InChI=1S/C16H21N3O4/c1-10(2)13-8-15(18-23-13)17-16(20)19-6-7-21-14(9-19)12-5-4-11(3)22-12/h4-5,8,10,14H,6-7,9H2,1-3H3,(H,17,18,20). The maximum absolute atomic E-state index is 12.4. The van der Waals surface area contributed by atoms with E-state index in [2.05, 4.69) is 10.5 Å². The molecule has 0 bridgehead atoms. The minimum Gasteiger partial charge on any atom is -0.464 e. The van der Waals surface area contributed by atoms with E-state index in [0.29, 0.717) is 25.5 Å². The minimum absolute atomic E-state index is 0.217. The summed E-state index contributed by atoms with van der Waals surface area (Å²) >= 11 is 0. The fourth-order valence-corrected chi connectivity index (χ4v) is 2.44. The maximum atomic E-state index is 12.4. The van der Waals surface area contributed by atoms with Gasteiger partial charge in [-0.1, -0.05) is 19.0 Å². The molecule has 0 radical (unpaired) electrons. The SMILES string of the molecule is Cc1ccc(C2CN(C(=O)Nc3cc(C(C)C)on3)CCO2)o1. The molecule has 2 aromatic heterocycles. The molecule has 2 aromatic rings. The minimum atomic E-state index is -0.244. The Bertz CT molecular complexity index is 676. The van der Waals surface area contributed by atoms with Gasteiger partial charge >= 0.3 is 6.03 Å². The quantitative estimate of drug-likeness (QED) is 0.938. The van der Waals surface area contributed by atoms with Crippen LogP contribution in [0.5, 0.6) is 0 Å². The Morgan fingerprint density at radius 1 is 1.43 bits per heavy atom. The van der Waals surface area contributed by atoms with Crippen LogP contribution in [0.2, 0.25) is 0 Å². The molecule has 7 nitrogen and oxygen atoms in total. The van der Waals surface area contributed by atoms with Gasteiger partial charge in [-0.05, 0) is 19.1 Å². The number of nitrogens with zero attached hydrogens (tertiary/aromatic N) is 2. The monoisotopic (exact) mass is 319 g/mol. The Morgan fingerprint density at radius 2 is 2.26 bits per heavy atom. The van der Waals surface area contributed by atoms with Crippen molar-refractivity contribution < 1.29 is 18.5 Å². The zero-order chi connectivity index (χ0) is 16.4. The summed E-state index contributed by atoms with van der Waals surface area (Å²) in [5, 5.41) is 6.63. The summed E-state index contributed by atoms with van der Waals surface area (Å²) in [5.41, 5.74) is 0. The van der Waals surface area contributed by atoms with Gasteiger partial charge in [-0.2, -0.15) is 0 Å². The summed E-state index contributed by atoms with van der Waals surface area (Å²) in [6.45, 7) is 7.32. The van der Waals surface area contributed by atoms with E-state index in [4.69, 9.17) is 13.7 Å². The summed E-state index contributed by atoms with van der Waals surface area (Å²) in [6.07, 6.45) is -0.244. The molecule has 124 valence electrons. The first-order valence-corrected chi connectivity index (χ1v) is 7.73. The van der Waals surface area contributed by atoms with Crippen LogP contribution in [-0.2, 0) is 4.74 Å². The molecule has 0 spiro atoms. The highest BCUT2D eigenvalue weighted by atomic mass is 16.5. The highest BCUT2D eigenvalue weighted by molar-refractivity contribution is 5.88. The van der Waals surface area contributed by atoms with E-state index in [1.165, 1.54) is 0 Å². The number of aromatic nitrogens is 1. The van der Waals surface area contributed by atoms with E-state index in [-0.39, 0.29) is 18.1 Å². The Labute approximate surface area is 134 Å². The topological polar surface area (TPSA) is 80.7 Å². The van der Waals surface area contributed by atoms with Gasteiger partial charge < -0.3 is 18.6 Å². The molecular weight excluding hydrogens is 298 g/mol. The third kappa shape index (κ3) is 3.56. The van der Waals surface area contributed by atoms with Crippen LogP contribution >= 0.6 is 0 Å². The molecule has 0 aromatic carbocycles. The number of hydrogen-bond acceptors (Lipinski definition) is 5. The van der Waals surface area contributed by atoms with E-state index in [0.717, 1.165) is 17.3 Å². The van der Waals surface area contributed by atoms with Gasteiger partial charge in [0.15, 0.2) is 5.82 Å². The molecule has 2 amide bonds. The Morgan fingerprint density at radius 3 is 2.91 bits per heavy atom. The molecule has 1 fully saturated rings. The number of urea groups is 1. The molecule has 1 N–H and O–H groups in total. The van der Waals surface area contributed by atoms with E-state index in [9.17, 15) is 4.79 Å². The highest BCUT2D eigenvalue weighted by Crippen LogP contribution is 2.24. The van der Waals surface area contributed by atoms with Crippen LogP contribution in [0.3, 0.4) is 0 Å². The van der Waals surface area contributed by atoms with Crippen molar-refractivity contribution in [3.05, 3.63) is 35.5 Å². The van der Waals surface area contributed by atoms with Gasteiger partial charge in [0.1, 0.15) is 23.4 Å². The van der Waals surface area contributed by atoms with Crippen molar-refractivity contribution in [2.45, 2.75) is 32.8 Å². The van der Waals surface area contributed by atoms with Gasteiger partial charge in [0, 0.05) is 18.5 Å². The van der Waals surface area contributed by atoms with Gasteiger partial charge in [-0.25, -0.2) is 4.79 Å².